The first-order valence-corrected chi connectivity index (χ1v) is 8.57. The van der Waals surface area contributed by atoms with Crippen LogP contribution in [0.3, 0.4) is 0 Å². The second-order valence-electron chi connectivity index (χ2n) is 6.03. The van der Waals surface area contributed by atoms with Crippen molar-refractivity contribution < 1.29 is 9.53 Å². The summed E-state index contributed by atoms with van der Waals surface area (Å²) in [5, 5.41) is 2.36. The molecule has 0 radical (unpaired) electrons. The van der Waals surface area contributed by atoms with E-state index in [1.54, 1.807) is 0 Å². The van der Waals surface area contributed by atoms with Gasteiger partial charge >= 0.3 is 5.97 Å². The highest BCUT2D eigenvalue weighted by atomic mass is 16.5. The Bertz CT molecular complexity index is 929. The molecule has 1 atom stereocenters. The number of hydrogen-bond acceptors (Lipinski definition) is 2. The van der Waals surface area contributed by atoms with Gasteiger partial charge in [-0.3, -0.25) is 4.79 Å². The quantitative estimate of drug-likeness (QED) is 0.588. The minimum absolute atomic E-state index is 0.345. The lowest BCUT2D eigenvalue weighted by molar-refractivity contribution is -0.142. The number of carbonyl (C=O) groups is 1. The van der Waals surface area contributed by atoms with Gasteiger partial charge in [-0.1, -0.05) is 60.1 Å². The molecule has 1 aliphatic rings. The van der Waals surface area contributed by atoms with Gasteiger partial charge in [0.2, 0.25) is 0 Å². The fourth-order valence-corrected chi connectivity index (χ4v) is 2.75. The molecule has 124 valence electrons. The number of hydrogen-bond donors (Lipinski definition) is 0. The molecule has 0 N–H and O–H groups in total. The molecule has 2 nitrogen and oxygen atoms in total. The van der Waals surface area contributed by atoms with E-state index >= 15 is 0 Å². The molecule has 2 aromatic carbocycles. The Kier molecular flexibility index (Phi) is 5.55. The predicted molar refractivity (Wildman–Crippen MR) is 101 cm³/mol. The molecule has 2 heteroatoms. The Morgan fingerprint density at radius 3 is 2.64 bits per heavy atom. The Morgan fingerprint density at radius 2 is 1.84 bits per heavy atom. The van der Waals surface area contributed by atoms with Crippen molar-refractivity contribution in [3.63, 3.8) is 0 Å². The van der Waals surface area contributed by atoms with Gasteiger partial charge in [0.05, 0.1) is 5.57 Å². The van der Waals surface area contributed by atoms with Crippen LogP contribution in [-0.2, 0) is 9.53 Å². The molecule has 0 bridgehead atoms. The van der Waals surface area contributed by atoms with E-state index in [0.717, 1.165) is 36.8 Å². The third-order valence-electron chi connectivity index (χ3n) is 3.98. The minimum atomic E-state index is -0.602. The van der Waals surface area contributed by atoms with Crippen LogP contribution in [0.25, 0.3) is 16.8 Å². The molecule has 0 aromatic heterocycles. The van der Waals surface area contributed by atoms with Crippen LogP contribution in [-0.4, -0.2) is 12.1 Å². The molecule has 0 spiro atoms. The molecular formula is C23H20O2. The van der Waals surface area contributed by atoms with Crippen LogP contribution in [0.4, 0.5) is 0 Å². The second-order valence-corrected chi connectivity index (χ2v) is 6.03. The van der Waals surface area contributed by atoms with Gasteiger partial charge in [0.1, 0.15) is 0 Å². The van der Waals surface area contributed by atoms with E-state index in [0.29, 0.717) is 0 Å². The van der Waals surface area contributed by atoms with Gasteiger partial charge in [0.15, 0.2) is 6.10 Å². The minimum Gasteiger partial charge on any atom is -0.444 e. The zero-order valence-electron chi connectivity index (χ0n) is 14.3. The fourth-order valence-electron chi connectivity index (χ4n) is 2.75. The summed E-state index contributed by atoms with van der Waals surface area (Å²) in [5.41, 5.74) is 1.76. The molecular weight excluding hydrogens is 308 g/mol. The van der Waals surface area contributed by atoms with Crippen LogP contribution in [0.1, 0.15) is 38.2 Å². The van der Waals surface area contributed by atoms with Gasteiger partial charge in [-0.05, 0) is 41.3 Å². The average molecular weight is 328 g/mol. The summed E-state index contributed by atoms with van der Waals surface area (Å²) in [5.74, 6) is 12.2. The number of ether oxygens (including phenoxy) is 1. The predicted octanol–water partition coefficient (Wildman–Crippen LogP) is 4.74. The molecule has 1 unspecified atom stereocenters. The maximum Gasteiger partial charge on any atom is 0.304 e. The van der Waals surface area contributed by atoms with Crippen molar-refractivity contribution in [2.45, 2.75) is 38.7 Å². The van der Waals surface area contributed by atoms with E-state index in [4.69, 9.17) is 4.74 Å². The van der Waals surface area contributed by atoms with Crippen LogP contribution >= 0.6 is 0 Å². The second kappa shape index (κ2) is 8.22. The largest absolute Gasteiger partial charge is 0.444 e. The first kappa shape index (κ1) is 16.9. The van der Waals surface area contributed by atoms with Crippen LogP contribution in [0.5, 0.6) is 0 Å². The molecule has 0 saturated heterocycles. The number of esters is 1. The highest BCUT2D eigenvalue weighted by Crippen LogP contribution is 2.19. The molecule has 0 heterocycles. The summed E-state index contributed by atoms with van der Waals surface area (Å²) in [4.78, 5) is 11.5. The Labute approximate surface area is 148 Å². The van der Waals surface area contributed by atoms with Crippen molar-refractivity contribution in [1.29, 1.82) is 0 Å². The zero-order chi connectivity index (χ0) is 17.5. The van der Waals surface area contributed by atoms with Crippen LogP contribution in [0.15, 0.2) is 48.0 Å². The van der Waals surface area contributed by atoms with E-state index in [9.17, 15) is 4.79 Å². The number of fused-ring (bicyclic) bond motifs is 1. The maximum atomic E-state index is 11.5. The highest BCUT2D eigenvalue weighted by Gasteiger charge is 2.14. The maximum absolute atomic E-state index is 11.5. The highest BCUT2D eigenvalue weighted by molar-refractivity contribution is 5.85. The van der Waals surface area contributed by atoms with Crippen LogP contribution in [0, 0.1) is 23.7 Å². The van der Waals surface area contributed by atoms with E-state index < -0.39 is 6.10 Å². The standard InChI is InChI=1S/C23H20O2/c1-18(24)25-23-13-7-5-3-2-4-6-12-22(23)17-19-14-15-20-10-8-9-11-21(20)16-19/h8-11,14-17,23H,2-5H2,1H3. The molecule has 0 amide bonds. The third-order valence-corrected chi connectivity index (χ3v) is 3.98. The van der Waals surface area contributed by atoms with Gasteiger partial charge in [-0.2, -0.15) is 0 Å². The lowest BCUT2D eigenvalue weighted by Crippen LogP contribution is -2.16. The van der Waals surface area contributed by atoms with E-state index in [1.165, 1.54) is 17.7 Å². The number of benzene rings is 2. The molecule has 3 rings (SSSR count). The first-order valence-electron chi connectivity index (χ1n) is 8.57. The molecule has 0 aliphatic heterocycles. The Morgan fingerprint density at radius 1 is 1.08 bits per heavy atom. The smallest absolute Gasteiger partial charge is 0.304 e. The number of carbonyl (C=O) groups excluding carboxylic acids is 1. The van der Waals surface area contributed by atoms with Gasteiger partial charge < -0.3 is 4.74 Å². The molecule has 1 aliphatic carbocycles. The monoisotopic (exact) mass is 328 g/mol. The number of rotatable bonds is 2. The van der Waals surface area contributed by atoms with Gasteiger partial charge in [-0.15, -0.1) is 0 Å². The SMILES string of the molecule is CC(=O)OC1C#CCCCCC#CC1=Cc1ccc2ccccc2c1. The Hall–Kier alpha value is -2.97. The van der Waals surface area contributed by atoms with Crippen molar-refractivity contribution in [2.75, 3.05) is 0 Å². The first-order chi connectivity index (χ1) is 12.2. The van der Waals surface area contributed by atoms with Gasteiger partial charge in [0.25, 0.3) is 0 Å². The zero-order valence-corrected chi connectivity index (χ0v) is 14.3. The topological polar surface area (TPSA) is 26.3 Å². The van der Waals surface area contributed by atoms with Crippen LogP contribution in [0.2, 0.25) is 0 Å². The molecule has 25 heavy (non-hydrogen) atoms. The lowest BCUT2D eigenvalue weighted by atomic mass is 10.0. The molecule has 0 saturated carbocycles. The summed E-state index contributed by atoms with van der Waals surface area (Å²) in [7, 11) is 0. The van der Waals surface area contributed by atoms with Gasteiger partial charge in [0, 0.05) is 19.8 Å². The van der Waals surface area contributed by atoms with Crippen LogP contribution < -0.4 is 0 Å². The normalized spacial score (nSPS) is 18.6. The van der Waals surface area contributed by atoms with Crippen molar-refractivity contribution in [3.8, 4) is 23.7 Å². The summed E-state index contributed by atoms with van der Waals surface area (Å²) >= 11 is 0. The molecule has 2 aromatic rings. The summed E-state index contributed by atoms with van der Waals surface area (Å²) < 4.78 is 5.41. The Balaban J connectivity index is 2.01. The van der Waals surface area contributed by atoms with Crippen molar-refractivity contribution >= 4 is 22.8 Å². The molecule has 0 fully saturated rings. The third kappa shape index (κ3) is 4.75. The summed E-state index contributed by atoms with van der Waals surface area (Å²) in [6.45, 7) is 1.40. The van der Waals surface area contributed by atoms with E-state index in [1.807, 2.05) is 24.3 Å². The summed E-state index contributed by atoms with van der Waals surface area (Å²) in [6.07, 6.45) is 5.09. The summed E-state index contributed by atoms with van der Waals surface area (Å²) in [6, 6.07) is 14.5. The van der Waals surface area contributed by atoms with Crippen molar-refractivity contribution in [2.24, 2.45) is 0 Å². The van der Waals surface area contributed by atoms with Crippen molar-refractivity contribution in [1.82, 2.24) is 0 Å². The van der Waals surface area contributed by atoms with Crippen molar-refractivity contribution in [3.05, 3.63) is 53.6 Å². The lowest BCUT2D eigenvalue weighted by Gasteiger charge is -2.12. The average Bonchev–Trinajstić information content (AvgIpc) is 2.61. The van der Waals surface area contributed by atoms with E-state index in [-0.39, 0.29) is 5.97 Å². The fraction of sp³-hybridized carbons (Fsp3) is 0.261. The van der Waals surface area contributed by atoms with E-state index in [2.05, 4.69) is 47.9 Å². The van der Waals surface area contributed by atoms with Gasteiger partial charge in [-0.25, -0.2) is 0 Å².